The maximum Gasteiger partial charge on any atom is 0.343 e. The second-order valence-corrected chi connectivity index (χ2v) is 10.9. The summed E-state index contributed by atoms with van der Waals surface area (Å²) in [6.07, 6.45) is 1.54. The number of pyridine rings is 2. The molecule has 4 heterocycles. The van der Waals surface area contributed by atoms with E-state index in [1.807, 2.05) is 32.0 Å². The number of halogens is 1. The van der Waals surface area contributed by atoms with Crippen molar-refractivity contribution < 1.29 is 19.0 Å². The van der Waals surface area contributed by atoms with Gasteiger partial charge in [-0.15, -0.1) is 0 Å². The molecular formula is C31H28FN3O4. The zero-order chi connectivity index (χ0) is 27.2. The van der Waals surface area contributed by atoms with E-state index in [2.05, 4.69) is 11.4 Å². The van der Waals surface area contributed by atoms with Crippen molar-refractivity contribution in [1.82, 2.24) is 9.55 Å². The Hall–Kier alpha value is -4.04. The van der Waals surface area contributed by atoms with Crippen LogP contribution in [-0.4, -0.2) is 20.6 Å². The number of cyclic esters (lactones) is 1. The van der Waals surface area contributed by atoms with Gasteiger partial charge in [0.1, 0.15) is 12.4 Å². The molecular weight excluding hydrogens is 497 g/mol. The predicted molar refractivity (Wildman–Crippen MR) is 145 cm³/mol. The first kappa shape index (κ1) is 24.0. The topological polar surface area (TPSA) is 93.5 Å². The van der Waals surface area contributed by atoms with E-state index in [0.717, 1.165) is 39.7 Å². The van der Waals surface area contributed by atoms with Gasteiger partial charge < -0.3 is 19.7 Å². The van der Waals surface area contributed by atoms with Crippen LogP contribution in [0.1, 0.15) is 64.8 Å². The van der Waals surface area contributed by atoms with Gasteiger partial charge in [0.2, 0.25) is 0 Å². The number of rotatable bonds is 3. The largest absolute Gasteiger partial charge is 0.458 e. The summed E-state index contributed by atoms with van der Waals surface area (Å²) in [6, 6.07) is 11.3. The molecule has 3 aliphatic rings. The van der Waals surface area contributed by atoms with Gasteiger partial charge in [-0.2, -0.15) is 0 Å². The molecule has 4 aromatic rings. The monoisotopic (exact) mass is 525 g/mol. The van der Waals surface area contributed by atoms with Crippen LogP contribution in [0.3, 0.4) is 0 Å². The summed E-state index contributed by atoms with van der Waals surface area (Å²) in [4.78, 5) is 31.2. The number of nitrogens with one attached hydrogen (secondary N) is 1. The fraction of sp³-hybridized carbons (Fsp3) is 0.323. The van der Waals surface area contributed by atoms with Crippen molar-refractivity contribution in [3.05, 3.63) is 91.5 Å². The summed E-state index contributed by atoms with van der Waals surface area (Å²) in [5.74, 6) is -1.06. The smallest absolute Gasteiger partial charge is 0.343 e. The van der Waals surface area contributed by atoms with Gasteiger partial charge in [0.15, 0.2) is 5.60 Å². The van der Waals surface area contributed by atoms with Crippen molar-refractivity contribution in [2.45, 2.75) is 64.8 Å². The zero-order valence-corrected chi connectivity index (χ0v) is 22.0. The molecule has 0 radical (unpaired) electrons. The number of nitrogens with zero attached hydrogens (tertiary/aromatic N) is 2. The number of fused-ring (bicyclic) bond motifs is 5. The van der Waals surface area contributed by atoms with Crippen molar-refractivity contribution >= 4 is 22.6 Å². The number of anilines is 1. The van der Waals surface area contributed by atoms with Crippen molar-refractivity contribution in [2.24, 2.45) is 0 Å². The molecule has 198 valence electrons. The van der Waals surface area contributed by atoms with Gasteiger partial charge in [0, 0.05) is 28.3 Å². The summed E-state index contributed by atoms with van der Waals surface area (Å²) < 4.78 is 21.9. The lowest BCUT2D eigenvalue weighted by Crippen LogP contribution is -2.44. The number of benzene rings is 2. The summed E-state index contributed by atoms with van der Waals surface area (Å²) in [5.41, 5.74) is 5.66. The molecule has 2 atom stereocenters. The minimum Gasteiger partial charge on any atom is -0.458 e. The third-order valence-corrected chi connectivity index (χ3v) is 8.74. The number of carbonyl (C=O) groups is 1. The molecule has 7 rings (SSSR count). The van der Waals surface area contributed by atoms with Crippen LogP contribution in [0.25, 0.3) is 22.3 Å². The molecule has 7 nitrogen and oxygen atoms in total. The highest BCUT2D eigenvalue weighted by atomic mass is 19.1. The zero-order valence-electron chi connectivity index (χ0n) is 22.0. The lowest BCUT2D eigenvalue weighted by molar-refractivity contribution is -0.172. The minimum atomic E-state index is -1.90. The van der Waals surface area contributed by atoms with Gasteiger partial charge in [0.05, 0.1) is 35.1 Å². The lowest BCUT2D eigenvalue weighted by atomic mass is 9.81. The third kappa shape index (κ3) is 3.27. The quantitative estimate of drug-likeness (QED) is 0.324. The second-order valence-electron chi connectivity index (χ2n) is 10.9. The number of ether oxygens (including phenoxy) is 1. The van der Waals surface area contributed by atoms with Crippen molar-refractivity contribution in [3.63, 3.8) is 0 Å². The molecule has 0 saturated carbocycles. The fourth-order valence-electron chi connectivity index (χ4n) is 6.64. The number of hydrogen-bond donors (Lipinski definition) is 2. The fourth-order valence-corrected chi connectivity index (χ4v) is 6.64. The van der Waals surface area contributed by atoms with E-state index in [0.29, 0.717) is 35.4 Å². The van der Waals surface area contributed by atoms with E-state index >= 15 is 4.39 Å². The van der Waals surface area contributed by atoms with Crippen LogP contribution in [0, 0.1) is 19.7 Å². The molecule has 0 unspecified atom stereocenters. The molecule has 0 fully saturated rings. The van der Waals surface area contributed by atoms with Crippen LogP contribution in [0.5, 0.6) is 0 Å². The molecule has 2 aromatic carbocycles. The number of carbonyl (C=O) groups excluding carboxylic acids is 1. The maximum absolute atomic E-state index is 15.1. The Morgan fingerprint density at radius 1 is 1.18 bits per heavy atom. The number of aryl methyl sites for hydroxylation is 2. The molecule has 1 aliphatic carbocycles. The second kappa shape index (κ2) is 8.23. The Bertz CT molecular complexity index is 1810. The molecule has 39 heavy (non-hydrogen) atoms. The van der Waals surface area contributed by atoms with Gasteiger partial charge in [-0.25, -0.2) is 14.2 Å². The first-order valence-corrected chi connectivity index (χ1v) is 13.4. The van der Waals surface area contributed by atoms with Crippen LogP contribution in [0.4, 0.5) is 10.1 Å². The molecule has 0 spiro atoms. The SMILES string of the molecule is CC[C@@]1(O)C(=O)OCc2c1cc1n(c2=O)Cc2c-1nc1cc(F)c(C)c3c1c2[C@@H](Nc1cccc(C)c1)CC3. The van der Waals surface area contributed by atoms with E-state index in [-0.39, 0.29) is 41.6 Å². The molecule has 2 N–H and O–H groups in total. The van der Waals surface area contributed by atoms with Crippen LogP contribution >= 0.6 is 0 Å². The summed E-state index contributed by atoms with van der Waals surface area (Å²) in [5, 5.41) is 15.9. The van der Waals surface area contributed by atoms with E-state index in [4.69, 9.17) is 9.72 Å². The van der Waals surface area contributed by atoms with Gasteiger partial charge in [-0.05, 0) is 73.6 Å². The lowest BCUT2D eigenvalue weighted by Gasteiger charge is -2.31. The average molecular weight is 526 g/mol. The van der Waals surface area contributed by atoms with Crippen molar-refractivity contribution in [3.8, 4) is 11.4 Å². The number of aliphatic hydroxyl groups is 1. The van der Waals surface area contributed by atoms with E-state index in [1.54, 1.807) is 17.6 Å². The van der Waals surface area contributed by atoms with Crippen LogP contribution in [0.15, 0.2) is 41.2 Å². The van der Waals surface area contributed by atoms with Crippen LogP contribution in [-0.2, 0) is 34.7 Å². The normalized spacial score (nSPS) is 20.8. The molecule has 0 saturated heterocycles. The number of esters is 1. The van der Waals surface area contributed by atoms with E-state index < -0.39 is 11.6 Å². The first-order chi connectivity index (χ1) is 18.7. The molecule has 0 amide bonds. The Balaban J connectivity index is 1.50. The van der Waals surface area contributed by atoms with E-state index in [1.165, 1.54) is 6.07 Å². The average Bonchev–Trinajstić information content (AvgIpc) is 3.29. The Morgan fingerprint density at radius 3 is 2.77 bits per heavy atom. The predicted octanol–water partition coefficient (Wildman–Crippen LogP) is 4.93. The highest BCUT2D eigenvalue weighted by Gasteiger charge is 2.46. The number of hydrogen-bond acceptors (Lipinski definition) is 6. The van der Waals surface area contributed by atoms with Gasteiger partial charge in [0.25, 0.3) is 5.56 Å². The Kier molecular flexibility index (Phi) is 5.07. The summed E-state index contributed by atoms with van der Waals surface area (Å²) in [6.45, 7) is 5.66. The van der Waals surface area contributed by atoms with Crippen molar-refractivity contribution in [1.29, 1.82) is 0 Å². The summed E-state index contributed by atoms with van der Waals surface area (Å²) >= 11 is 0. The highest BCUT2D eigenvalue weighted by Crippen LogP contribution is 2.46. The Labute approximate surface area is 224 Å². The van der Waals surface area contributed by atoms with Gasteiger partial charge in [-0.1, -0.05) is 19.1 Å². The standard InChI is InChI=1S/C31H28FN3O4/c1-4-31(38)21-11-25-28-19(13-35(25)29(36)20(21)14-39-30(31)37)27-23(33-17-7-5-6-15(2)10-17)9-8-18-16(3)22(32)12-24(34-28)26(18)27/h5-7,10-12,23,33,38H,4,8-9,13-14H2,1-3H3/t23-,31-/m0/s1. The highest BCUT2D eigenvalue weighted by molar-refractivity contribution is 5.93. The first-order valence-electron chi connectivity index (χ1n) is 13.4. The number of aromatic nitrogens is 2. The van der Waals surface area contributed by atoms with Crippen molar-refractivity contribution in [2.75, 3.05) is 5.32 Å². The molecule has 2 aliphatic heterocycles. The molecule has 2 aromatic heterocycles. The third-order valence-electron chi connectivity index (χ3n) is 8.74. The Morgan fingerprint density at radius 2 is 2.00 bits per heavy atom. The van der Waals surface area contributed by atoms with E-state index in [9.17, 15) is 14.7 Å². The van der Waals surface area contributed by atoms with Crippen LogP contribution < -0.4 is 10.9 Å². The van der Waals surface area contributed by atoms with Crippen LogP contribution in [0.2, 0.25) is 0 Å². The summed E-state index contributed by atoms with van der Waals surface area (Å²) in [7, 11) is 0. The molecule has 0 bridgehead atoms. The molecule has 8 heteroatoms. The van der Waals surface area contributed by atoms with Gasteiger partial charge in [-0.3, -0.25) is 4.79 Å². The minimum absolute atomic E-state index is 0.0689. The maximum atomic E-state index is 15.1. The van der Waals surface area contributed by atoms with Gasteiger partial charge >= 0.3 is 5.97 Å².